The van der Waals surface area contributed by atoms with E-state index in [1.54, 1.807) is 0 Å². The van der Waals surface area contributed by atoms with Crippen LogP contribution in [-0.2, 0) is 6.42 Å². The van der Waals surface area contributed by atoms with Gasteiger partial charge in [-0.2, -0.15) is 0 Å². The molecule has 0 saturated heterocycles. The monoisotopic (exact) mass is 287 g/mol. The molecule has 1 aromatic rings. The number of rotatable bonds is 11. The van der Waals surface area contributed by atoms with Gasteiger partial charge in [-0.3, -0.25) is 0 Å². The number of hydrogen-bond donors (Lipinski definition) is 1. The van der Waals surface area contributed by atoms with Crippen molar-refractivity contribution >= 4 is 0 Å². The van der Waals surface area contributed by atoms with Crippen LogP contribution in [0, 0.1) is 13.8 Å². The molecule has 1 rings (SSSR count). The second-order valence-electron chi connectivity index (χ2n) is 6.20. The highest BCUT2D eigenvalue weighted by molar-refractivity contribution is 5.30. The van der Waals surface area contributed by atoms with E-state index in [2.05, 4.69) is 50.9 Å². The van der Waals surface area contributed by atoms with Crippen molar-refractivity contribution < 1.29 is 0 Å². The predicted octanol–water partition coefficient (Wildman–Crippen LogP) is 5.35. The van der Waals surface area contributed by atoms with Gasteiger partial charge >= 0.3 is 0 Å². The molecule has 21 heavy (non-hydrogen) atoms. The number of nitrogens with one attached hydrogen (secondary N) is 1. The van der Waals surface area contributed by atoms with Crippen molar-refractivity contribution in [3.63, 3.8) is 0 Å². The summed E-state index contributed by atoms with van der Waals surface area (Å²) in [5.41, 5.74) is 4.27. The summed E-state index contributed by atoms with van der Waals surface area (Å²) in [6.07, 6.45) is 10.8. The normalized spacial score (nSPS) is 12.3. The third-order valence-electron chi connectivity index (χ3n) is 4.20. The summed E-state index contributed by atoms with van der Waals surface area (Å²) in [7, 11) is 0. The van der Waals surface area contributed by atoms with Gasteiger partial charge in [-0.15, -0.1) is 6.58 Å². The molecular formula is C20H33N. The van der Waals surface area contributed by atoms with Crippen molar-refractivity contribution in [1.82, 2.24) is 5.32 Å². The fourth-order valence-electron chi connectivity index (χ4n) is 2.70. The molecule has 1 heteroatoms. The average molecular weight is 287 g/mol. The first-order valence-corrected chi connectivity index (χ1v) is 8.57. The van der Waals surface area contributed by atoms with Gasteiger partial charge < -0.3 is 5.32 Å². The third kappa shape index (κ3) is 7.47. The smallest absolute Gasteiger partial charge is 0.0107 e. The predicted molar refractivity (Wildman–Crippen MR) is 95.0 cm³/mol. The summed E-state index contributed by atoms with van der Waals surface area (Å²) in [5, 5.41) is 3.72. The Hall–Kier alpha value is -1.08. The van der Waals surface area contributed by atoms with E-state index in [4.69, 9.17) is 0 Å². The molecule has 0 fully saturated rings. The fourth-order valence-corrected chi connectivity index (χ4v) is 2.70. The van der Waals surface area contributed by atoms with E-state index in [9.17, 15) is 0 Å². The second kappa shape index (κ2) is 10.6. The zero-order chi connectivity index (χ0) is 15.5. The van der Waals surface area contributed by atoms with Gasteiger partial charge in [0.2, 0.25) is 0 Å². The number of hydrogen-bond acceptors (Lipinski definition) is 1. The molecule has 1 aromatic carbocycles. The van der Waals surface area contributed by atoms with Crippen molar-refractivity contribution in [2.75, 3.05) is 6.54 Å². The number of unbranched alkanes of at least 4 members (excludes halogenated alkanes) is 3. The number of allylic oxidation sites excluding steroid dienone is 1. The zero-order valence-corrected chi connectivity index (χ0v) is 14.3. The Morgan fingerprint density at radius 1 is 1.14 bits per heavy atom. The van der Waals surface area contributed by atoms with E-state index in [0.717, 1.165) is 19.4 Å². The Bertz CT molecular complexity index is 408. The van der Waals surface area contributed by atoms with Crippen LogP contribution < -0.4 is 5.32 Å². The highest BCUT2D eigenvalue weighted by atomic mass is 14.9. The molecule has 0 heterocycles. The summed E-state index contributed by atoms with van der Waals surface area (Å²) in [4.78, 5) is 0. The van der Waals surface area contributed by atoms with E-state index in [1.807, 2.05) is 6.08 Å². The molecule has 0 aliphatic heterocycles. The summed E-state index contributed by atoms with van der Waals surface area (Å²) in [6, 6.07) is 7.52. The van der Waals surface area contributed by atoms with Crippen molar-refractivity contribution in [3.05, 3.63) is 47.5 Å². The Morgan fingerprint density at radius 3 is 2.62 bits per heavy atom. The Labute approximate surface area is 131 Å². The van der Waals surface area contributed by atoms with Gasteiger partial charge in [-0.05, 0) is 69.2 Å². The maximum absolute atomic E-state index is 3.79. The van der Waals surface area contributed by atoms with Crippen LogP contribution in [0.25, 0.3) is 0 Å². The summed E-state index contributed by atoms with van der Waals surface area (Å²) in [6.45, 7) is 11.6. The molecule has 0 radical (unpaired) electrons. The average Bonchev–Trinajstić information content (AvgIpc) is 2.48. The van der Waals surface area contributed by atoms with Crippen molar-refractivity contribution in [2.45, 2.75) is 71.8 Å². The standard InChI is InChI=1S/C20H33N/c1-5-7-8-9-10-11-20(21-14-6-2)16-19-13-12-17(3)18(4)15-19/h5,12-13,15,20-21H,1,6-11,14,16H2,2-4H3. The van der Waals surface area contributed by atoms with Crippen LogP contribution >= 0.6 is 0 Å². The molecule has 0 aromatic heterocycles. The van der Waals surface area contributed by atoms with E-state index in [-0.39, 0.29) is 0 Å². The molecular weight excluding hydrogens is 254 g/mol. The van der Waals surface area contributed by atoms with Crippen LogP contribution in [-0.4, -0.2) is 12.6 Å². The summed E-state index contributed by atoms with van der Waals surface area (Å²) in [5.74, 6) is 0. The van der Waals surface area contributed by atoms with Gasteiger partial charge in [0.15, 0.2) is 0 Å². The maximum Gasteiger partial charge on any atom is 0.0107 e. The fraction of sp³-hybridized carbons (Fsp3) is 0.600. The topological polar surface area (TPSA) is 12.0 Å². The van der Waals surface area contributed by atoms with Crippen molar-refractivity contribution in [2.24, 2.45) is 0 Å². The first-order chi connectivity index (χ1) is 10.2. The molecule has 1 atom stereocenters. The van der Waals surface area contributed by atoms with Crippen LogP contribution in [0.5, 0.6) is 0 Å². The van der Waals surface area contributed by atoms with E-state index in [0.29, 0.717) is 6.04 Å². The number of benzene rings is 1. The summed E-state index contributed by atoms with van der Waals surface area (Å²) < 4.78 is 0. The van der Waals surface area contributed by atoms with Crippen molar-refractivity contribution in [1.29, 1.82) is 0 Å². The molecule has 0 amide bonds. The van der Waals surface area contributed by atoms with Crippen LogP contribution in [0.2, 0.25) is 0 Å². The molecule has 118 valence electrons. The Morgan fingerprint density at radius 2 is 1.95 bits per heavy atom. The Balaban J connectivity index is 2.47. The quantitative estimate of drug-likeness (QED) is 0.427. The summed E-state index contributed by atoms with van der Waals surface area (Å²) >= 11 is 0. The van der Waals surface area contributed by atoms with Gasteiger partial charge in [0.05, 0.1) is 0 Å². The lowest BCUT2D eigenvalue weighted by atomic mass is 9.97. The third-order valence-corrected chi connectivity index (χ3v) is 4.20. The highest BCUT2D eigenvalue weighted by Gasteiger charge is 2.09. The van der Waals surface area contributed by atoms with Crippen LogP contribution in [0.3, 0.4) is 0 Å². The molecule has 1 N–H and O–H groups in total. The lowest BCUT2D eigenvalue weighted by molar-refractivity contribution is 0.454. The minimum absolute atomic E-state index is 0.621. The lowest BCUT2D eigenvalue weighted by Gasteiger charge is -2.19. The van der Waals surface area contributed by atoms with Gasteiger partial charge in [-0.1, -0.05) is 44.0 Å². The van der Waals surface area contributed by atoms with E-state index < -0.39 is 0 Å². The van der Waals surface area contributed by atoms with Gasteiger partial charge in [0.25, 0.3) is 0 Å². The van der Waals surface area contributed by atoms with Gasteiger partial charge in [-0.25, -0.2) is 0 Å². The zero-order valence-electron chi connectivity index (χ0n) is 14.3. The second-order valence-corrected chi connectivity index (χ2v) is 6.20. The minimum atomic E-state index is 0.621. The molecule has 0 aliphatic rings. The molecule has 1 nitrogen and oxygen atoms in total. The van der Waals surface area contributed by atoms with E-state index in [1.165, 1.54) is 48.8 Å². The van der Waals surface area contributed by atoms with Crippen molar-refractivity contribution in [3.8, 4) is 0 Å². The van der Waals surface area contributed by atoms with Crippen LogP contribution in [0.1, 0.15) is 62.1 Å². The lowest BCUT2D eigenvalue weighted by Crippen LogP contribution is -2.31. The maximum atomic E-state index is 3.79. The SMILES string of the molecule is C=CCCCCCC(Cc1ccc(C)c(C)c1)NCCC. The first-order valence-electron chi connectivity index (χ1n) is 8.57. The molecule has 0 spiro atoms. The Kier molecular flexibility index (Phi) is 9.09. The van der Waals surface area contributed by atoms with Crippen LogP contribution in [0.15, 0.2) is 30.9 Å². The largest absolute Gasteiger partial charge is 0.314 e. The first kappa shape index (κ1) is 18.0. The van der Waals surface area contributed by atoms with Gasteiger partial charge in [0.1, 0.15) is 0 Å². The van der Waals surface area contributed by atoms with Gasteiger partial charge in [0, 0.05) is 6.04 Å². The molecule has 0 aliphatic carbocycles. The molecule has 0 bridgehead atoms. The highest BCUT2D eigenvalue weighted by Crippen LogP contribution is 2.15. The molecule has 0 saturated carbocycles. The number of aryl methyl sites for hydroxylation is 2. The van der Waals surface area contributed by atoms with E-state index >= 15 is 0 Å². The van der Waals surface area contributed by atoms with Crippen LogP contribution in [0.4, 0.5) is 0 Å². The minimum Gasteiger partial charge on any atom is -0.314 e. The molecule has 1 unspecified atom stereocenters.